The number of phenolic OH excluding ortho intramolecular Hbond substituents is 1. The molecule has 3 aromatic rings. The van der Waals surface area contributed by atoms with Crippen LogP contribution in [0.5, 0.6) is 28.7 Å². The van der Waals surface area contributed by atoms with Crippen LogP contribution in [0.3, 0.4) is 0 Å². The van der Waals surface area contributed by atoms with Crippen molar-refractivity contribution in [1.82, 2.24) is 4.98 Å². The number of benzene rings is 2. The zero-order chi connectivity index (χ0) is 33.5. The minimum Gasteiger partial charge on any atom is -0.502 e. The van der Waals surface area contributed by atoms with Crippen LogP contribution in [0.4, 0.5) is 0 Å². The Balaban J connectivity index is 0.000000550. The van der Waals surface area contributed by atoms with Gasteiger partial charge in [-0.15, -0.1) is 0 Å². The van der Waals surface area contributed by atoms with Gasteiger partial charge in [-0.1, -0.05) is 6.07 Å². The highest BCUT2D eigenvalue weighted by Crippen LogP contribution is 2.57. The van der Waals surface area contributed by atoms with Crippen molar-refractivity contribution < 1.29 is 62.7 Å². The highest BCUT2D eigenvalue weighted by molar-refractivity contribution is 5.79. The summed E-state index contributed by atoms with van der Waals surface area (Å²) < 4.78 is 51.5. The van der Waals surface area contributed by atoms with Crippen molar-refractivity contribution in [2.75, 3.05) is 34.2 Å². The van der Waals surface area contributed by atoms with E-state index in [2.05, 4.69) is 4.98 Å². The summed E-state index contributed by atoms with van der Waals surface area (Å²) in [5, 5.41) is 32.5. The quantitative estimate of drug-likeness (QED) is 0.339. The summed E-state index contributed by atoms with van der Waals surface area (Å²) in [4.78, 5) is 17.2. The lowest BCUT2D eigenvalue weighted by Crippen LogP contribution is -2.63. The maximum atomic E-state index is 13.4. The number of esters is 1. The van der Waals surface area contributed by atoms with Crippen molar-refractivity contribution in [1.29, 1.82) is 0 Å². The fraction of sp³-hybridized carbons (Fsp3) is 0.471. The maximum Gasteiger partial charge on any atom is 0.310 e. The van der Waals surface area contributed by atoms with E-state index in [-0.39, 0.29) is 37.3 Å². The summed E-state index contributed by atoms with van der Waals surface area (Å²) in [5.41, 5.74) is 2.01. The maximum absolute atomic E-state index is 13.4. The number of cyclic esters (lactones) is 1. The third-order valence-corrected chi connectivity index (χ3v) is 9.31. The normalized spacial score (nSPS) is 32.9. The number of carbonyl (C=O) groups excluding carboxylic acids is 1. The molecule has 1 aliphatic carbocycles. The van der Waals surface area contributed by atoms with E-state index >= 15 is 0 Å². The van der Waals surface area contributed by atoms with Crippen molar-refractivity contribution in [3.05, 3.63) is 71.5 Å². The Bertz CT molecular complexity index is 1570. The van der Waals surface area contributed by atoms with Crippen LogP contribution in [0, 0.1) is 11.8 Å². The van der Waals surface area contributed by atoms with Gasteiger partial charge in [-0.05, 0) is 60.0 Å². The highest BCUT2D eigenvalue weighted by Gasteiger charge is 2.56. The van der Waals surface area contributed by atoms with E-state index in [1.165, 1.54) is 14.2 Å². The second-order valence-corrected chi connectivity index (χ2v) is 12.0. The van der Waals surface area contributed by atoms with Gasteiger partial charge in [-0.3, -0.25) is 9.78 Å². The number of rotatable bonds is 5. The van der Waals surface area contributed by atoms with Crippen LogP contribution in [-0.2, 0) is 28.5 Å². The molecule has 3 N–H and O–H groups in total. The Kier molecular flexibility index (Phi) is 9.02. The number of carbonyl (C=O) groups is 1. The molecule has 4 aliphatic heterocycles. The molecule has 5 aliphatic rings. The number of aliphatic hydroxyl groups is 2. The van der Waals surface area contributed by atoms with Crippen LogP contribution in [0.25, 0.3) is 0 Å². The van der Waals surface area contributed by atoms with Gasteiger partial charge in [0.15, 0.2) is 35.6 Å². The van der Waals surface area contributed by atoms with Crippen molar-refractivity contribution in [3.8, 4) is 28.7 Å². The lowest BCUT2D eigenvalue weighted by molar-refractivity contribution is -0.364. The molecule has 0 bridgehead atoms. The standard InChI is InChI=1S/C29H32O13.C5H5N/c1-11-36-9-20-27(40-11)24(31)25(32)29(41-20)42-26-14-7-17-16(38-10-39-17)6-13(14)21(22-15(26)8-37-28(22)33)12-4-18(34-2)23(30)19(5-12)35-3;1-2-4-6-5-3-1/h4-7,11,15,20-22,24-27,29-32H,8-10H2,1-3H3;1-5H/t11-,15?,20-,21-,22+,24-,25-,26?,27-,29+;/m1./s1. The molecule has 14 nitrogen and oxygen atoms in total. The van der Waals surface area contributed by atoms with E-state index < -0.39 is 66.8 Å². The highest BCUT2D eigenvalue weighted by atomic mass is 16.8. The van der Waals surface area contributed by atoms with E-state index in [1.807, 2.05) is 18.2 Å². The van der Waals surface area contributed by atoms with E-state index in [0.717, 1.165) is 0 Å². The number of aliphatic hydroxyl groups excluding tert-OH is 2. The Morgan fingerprint density at radius 2 is 1.54 bits per heavy atom. The first-order valence-corrected chi connectivity index (χ1v) is 15.6. The summed E-state index contributed by atoms with van der Waals surface area (Å²) in [5.74, 6) is -1.02. The minimum absolute atomic E-state index is 0.0301. The zero-order valence-electron chi connectivity index (χ0n) is 26.5. The second kappa shape index (κ2) is 13.4. The number of pyridine rings is 1. The number of aromatic hydroxyl groups is 1. The van der Waals surface area contributed by atoms with Gasteiger partial charge in [0.25, 0.3) is 0 Å². The molecule has 0 radical (unpaired) electrons. The number of fused-ring (bicyclic) bond motifs is 4. The van der Waals surface area contributed by atoms with Crippen molar-refractivity contribution in [2.24, 2.45) is 11.8 Å². The van der Waals surface area contributed by atoms with Gasteiger partial charge in [0.2, 0.25) is 12.5 Å². The second-order valence-electron chi connectivity index (χ2n) is 12.0. The predicted octanol–water partition coefficient (Wildman–Crippen LogP) is 2.42. The average molecular weight is 668 g/mol. The van der Waals surface area contributed by atoms with Gasteiger partial charge in [0.1, 0.15) is 24.4 Å². The van der Waals surface area contributed by atoms with Crippen LogP contribution >= 0.6 is 0 Å². The SMILES string of the molecule is COc1cc([C@@H]2c3cc4c(cc3C(O[C@@H]3O[C@@H]5CO[C@@H](C)O[C@H]5[C@H](O)[C@H]3O)C3COC(=O)[C@@H]32)OCO4)cc(OC)c1O.c1ccncc1. The summed E-state index contributed by atoms with van der Waals surface area (Å²) >= 11 is 0. The monoisotopic (exact) mass is 667 g/mol. The molecule has 5 heterocycles. The first kappa shape index (κ1) is 32.4. The van der Waals surface area contributed by atoms with Gasteiger partial charge < -0.3 is 58.0 Å². The Hall–Kier alpha value is -4.18. The molecule has 48 heavy (non-hydrogen) atoms. The van der Waals surface area contributed by atoms with Crippen LogP contribution < -0.4 is 18.9 Å². The fourth-order valence-electron chi connectivity index (χ4n) is 7.05. The van der Waals surface area contributed by atoms with Crippen LogP contribution in [0.2, 0.25) is 0 Å². The zero-order valence-corrected chi connectivity index (χ0v) is 26.5. The third kappa shape index (κ3) is 5.78. The van der Waals surface area contributed by atoms with Gasteiger partial charge in [0.05, 0.1) is 39.5 Å². The number of hydrogen-bond acceptors (Lipinski definition) is 14. The molecule has 8 rings (SSSR count). The molecule has 14 heteroatoms. The topological polar surface area (TPSA) is 174 Å². The minimum atomic E-state index is -1.44. The van der Waals surface area contributed by atoms with E-state index in [9.17, 15) is 20.1 Å². The Morgan fingerprint density at radius 3 is 2.17 bits per heavy atom. The molecular formula is C34H37NO13. The molecule has 0 spiro atoms. The number of aromatic nitrogens is 1. The molecule has 0 saturated carbocycles. The summed E-state index contributed by atoms with van der Waals surface area (Å²) in [7, 11) is 2.86. The van der Waals surface area contributed by atoms with Crippen LogP contribution in [-0.4, -0.2) is 97.5 Å². The molecule has 2 unspecified atom stereocenters. The largest absolute Gasteiger partial charge is 0.502 e. The molecule has 256 valence electrons. The number of ether oxygens (including phenoxy) is 9. The summed E-state index contributed by atoms with van der Waals surface area (Å²) in [6.07, 6.45) is -3.30. The van der Waals surface area contributed by atoms with Gasteiger partial charge in [-0.25, -0.2) is 0 Å². The average Bonchev–Trinajstić information content (AvgIpc) is 3.73. The van der Waals surface area contributed by atoms with E-state index in [4.69, 9.17) is 42.6 Å². The summed E-state index contributed by atoms with van der Waals surface area (Å²) in [6.45, 7) is 1.93. The lowest BCUT2D eigenvalue weighted by Gasteiger charge is -2.47. The summed E-state index contributed by atoms with van der Waals surface area (Å²) in [6, 6.07) is 12.6. The van der Waals surface area contributed by atoms with Gasteiger partial charge in [-0.2, -0.15) is 0 Å². The van der Waals surface area contributed by atoms with E-state index in [0.29, 0.717) is 28.2 Å². The molecular weight excluding hydrogens is 630 g/mol. The number of phenols is 1. The van der Waals surface area contributed by atoms with Crippen molar-refractivity contribution in [3.63, 3.8) is 0 Å². The number of methoxy groups -OCH3 is 2. The Labute approximate surface area is 276 Å². The van der Waals surface area contributed by atoms with E-state index in [1.54, 1.807) is 43.6 Å². The molecule has 3 saturated heterocycles. The molecule has 1 aromatic heterocycles. The third-order valence-electron chi connectivity index (χ3n) is 9.31. The first-order valence-electron chi connectivity index (χ1n) is 15.6. The number of hydrogen-bond donors (Lipinski definition) is 3. The van der Waals surface area contributed by atoms with Crippen molar-refractivity contribution in [2.45, 2.75) is 55.9 Å². The smallest absolute Gasteiger partial charge is 0.310 e. The molecule has 2 aromatic carbocycles. The number of nitrogens with zero attached hydrogens (tertiary/aromatic N) is 1. The molecule has 0 amide bonds. The molecule has 10 atom stereocenters. The first-order chi connectivity index (χ1) is 23.3. The fourth-order valence-corrected chi connectivity index (χ4v) is 7.05. The van der Waals surface area contributed by atoms with Gasteiger partial charge in [0, 0.05) is 24.2 Å². The Morgan fingerprint density at radius 1 is 0.854 bits per heavy atom. The van der Waals surface area contributed by atoms with Gasteiger partial charge >= 0.3 is 5.97 Å². The van der Waals surface area contributed by atoms with Crippen LogP contribution in [0.1, 0.15) is 35.6 Å². The molecule has 3 fully saturated rings. The van der Waals surface area contributed by atoms with Crippen molar-refractivity contribution >= 4 is 5.97 Å². The predicted molar refractivity (Wildman–Crippen MR) is 163 cm³/mol. The lowest BCUT2D eigenvalue weighted by atomic mass is 9.66. The van der Waals surface area contributed by atoms with Crippen LogP contribution in [0.15, 0.2) is 54.9 Å².